The average molecular weight is 368 g/mol. The highest BCUT2D eigenvalue weighted by atomic mass is 19.4. The first-order valence-electron chi connectivity index (χ1n) is 7.99. The number of urea groups is 1. The number of anilines is 1. The number of hydrogen-bond acceptors (Lipinski definition) is 3. The van der Waals surface area contributed by atoms with E-state index in [0.29, 0.717) is 24.0 Å². The lowest BCUT2D eigenvalue weighted by Gasteiger charge is -2.11. The lowest BCUT2D eigenvalue weighted by Crippen LogP contribution is -2.26. The number of halogens is 3. The molecule has 0 spiro atoms. The molecular weight excluding hydrogens is 349 g/mol. The van der Waals surface area contributed by atoms with Gasteiger partial charge in [0, 0.05) is 7.05 Å². The number of carbonyl (C=O) groups excluding carboxylic acids is 2. The number of alkyl halides is 3. The van der Waals surface area contributed by atoms with Crippen LogP contribution in [0.5, 0.6) is 0 Å². The van der Waals surface area contributed by atoms with Crippen LogP contribution in [0.2, 0.25) is 0 Å². The zero-order valence-electron chi connectivity index (χ0n) is 14.4. The van der Waals surface area contributed by atoms with Crippen LogP contribution >= 0.6 is 0 Å². The minimum atomic E-state index is -4.41. The Labute approximate surface area is 148 Å². The Balaban J connectivity index is 2.37. The van der Waals surface area contributed by atoms with E-state index in [2.05, 4.69) is 15.7 Å². The zero-order chi connectivity index (χ0) is 19.3. The van der Waals surface area contributed by atoms with Gasteiger partial charge in [0.25, 0.3) is 0 Å². The van der Waals surface area contributed by atoms with Gasteiger partial charge >= 0.3 is 12.2 Å². The predicted octanol–water partition coefficient (Wildman–Crippen LogP) is 3.47. The number of aryl methyl sites for hydroxylation is 1. The van der Waals surface area contributed by atoms with Crippen molar-refractivity contribution in [2.45, 2.75) is 32.5 Å². The Morgan fingerprint density at radius 2 is 1.92 bits per heavy atom. The lowest BCUT2D eigenvalue weighted by atomic mass is 10.1. The van der Waals surface area contributed by atoms with Gasteiger partial charge in [-0.2, -0.15) is 18.3 Å². The van der Waals surface area contributed by atoms with E-state index in [9.17, 15) is 22.8 Å². The van der Waals surface area contributed by atoms with Gasteiger partial charge in [0.15, 0.2) is 6.29 Å². The third-order valence-electron chi connectivity index (χ3n) is 3.74. The Morgan fingerprint density at radius 1 is 1.27 bits per heavy atom. The van der Waals surface area contributed by atoms with E-state index >= 15 is 0 Å². The van der Waals surface area contributed by atoms with E-state index in [0.717, 1.165) is 18.6 Å². The Bertz CT molecular complexity index is 783. The molecule has 2 aromatic rings. The van der Waals surface area contributed by atoms with Crippen molar-refractivity contribution in [3.05, 3.63) is 46.6 Å². The molecule has 0 aliphatic rings. The van der Waals surface area contributed by atoms with Crippen molar-refractivity contribution in [1.82, 2.24) is 15.1 Å². The molecule has 0 atom stereocenters. The molecule has 1 aromatic carbocycles. The standard InChI is InChI=1S/C17H19F3N4O2/c1-3-4-14-13(10-25)15(22-16(26)21-2)24(23-14)9-11-5-7-12(8-6-11)17(18,19)20/h5-8,10H,3-4,9H2,1-2H3,(H2,21,22,26). The van der Waals surface area contributed by atoms with Crippen molar-refractivity contribution in [3.63, 3.8) is 0 Å². The largest absolute Gasteiger partial charge is 0.416 e. The van der Waals surface area contributed by atoms with Crippen LogP contribution in [-0.2, 0) is 19.1 Å². The summed E-state index contributed by atoms with van der Waals surface area (Å²) in [6, 6.07) is 4.13. The number of benzene rings is 1. The van der Waals surface area contributed by atoms with E-state index in [-0.39, 0.29) is 17.9 Å². The van der Waals surface area contributed by atoms with Crippen LogP contribution in [0.4, 0.5) is 23.8 Å². The SMILES string of the molecule is CCCc1nn(Cc2ccc(C(F)(F)F)cc2)c(NC(=O)NC)c1C=O. The topological polar surface area (TPSA) is 76.0 Å². The first-order valence-corrected chi connectivity index (χ1v) is 7.99. The molecule has 2 amide bonds. The number of nitrogens with one attached hydrogen (secondary N) is 2. The predicted molar refractivity (Wildman–Crippen MR) is 90.2 cm³/mol. The van der Waals surface area contributed by atoms with Gasteiger partial charge in [-0.25, -0.2) is 9.48 Å². The van der Waals surface area contributed by atoms with Crippen LogP contribution in [0.3, 0.4) is 0 Å². The summed E-state index contributed by atoms with van der Waals surface area (Å²) in [6.45, 7) is 2.04. The number of amides is 2. The fourth-order valence-electron chi connectivity index (χ4n) is 2.46. The fourth-order valence-corrected chi connectivity index (χ4v) is 2.46. The van der Waals surface area contributed by atoms with Crippen LogP contribution < -0.4 is 10.6 Å². The fraction of sp³-hybridized carbons (Fsp3) is 0.353. The Morgan fingerprint density at radius 3 is 2.42 bits per heavy atom. The molecule has 0 radical (unpaired) electrons. The first kappa shape index (κ1) is 19.5. The van der Waals surface area contributed by atoms with Gasteiger partial charge in [0.05, 0.1) is 23.4 Å². The van der Waals surface area contributed by atoms with Crippen LogP contribution in [0.15, 0.2) is 24.3 Å². The maximum absolute atomic E-state index is 12.7. The third-order valence-corrected chi connectivity index (χ3v) is 3.74. The van der Waals surface area contributed by atoms with Crippen molar-refractivity contribution in [1.29, 1.82) is 0 Å². The molecule has 0 unspecified atom stereocenters. The van der Waals surface area contributed by atoms with Gasteiger partial charge in [-0.15, -0.1) is 0 Å². The summed E-state index contributed by atoms with van der Waals surface area (Å²) in [5.74, 6) is 0.211. The second-order valence-electron chi connectivity index (χ2n) is 5.63. The number of aromatic nitrogens is 2. The molecule has 0 aliphatic carbocycles. The first-order chi connectivity index (χ1) is 12.3. The molecule has 0 fully saturated rings. The number of rotatable bonds is 6. The maximum Gasteiger partial charge on any atom is 0.416 e. The molecule has 2 rings (SSSR count). The molecule has 1 heterocycles. The average Bonchev–Trinajstić information content (AvgIpc) is 2.91. The lowest BCUT2D eigenvalue weighted by molar-refractivity contribution is -0.137. The number of hydrogen-bond donors (Lipinski definition) is 2. The van der Waals surface area contributed by atoms with Gasteiger partial charge in [0.1, 0.15) is 5.82 Å². The summed E-state index contributed by atoms with van der Waals surface area (Å²) < 4.78 is 39.4. The highest BCUT2D eigenvalue weighted by Gasteiger charge is 2.30. The quantitative estimate of drug-likeness (QED) is 0.767. The summed E-state index contributed by atoms with van der Waals surface area (Å²) in [7, 11) is 1.43. The minimum Gasteiger partial charge on any atom is -0.341 e. The molecule has 0 saturated carbocycles. The van der Waals surface area contributed by atoms with Crippen molar-refractivity contribution in [3.8, 4) is 0 Å². The normalized spacial score (nSPS) is 11.3. The molecular formula is C17H19F3N4O2. The molecule has 0 aliphatic heterocycles. The van der Waals surface area contributed by atoms with E-state index in [4.69, 9.17) is 0 Å². The van der Waals surface area contributed by atoms with Crippen molar-refractivity contribution < 1.29 is 22.8 Å². The highest BCUT2D eigenvalue weighted by molar-refractivity contribution is 5.94. The van der Waals surface area contributed by atoms with Crippen LogP contribution in [0.25, 0.3) is 0 Å². The van der Waals surface area contributed by atoms with Gasteiger partial charge in [-0.1, -0.05) is 25.5 Å². The van der Waals surface area contributed by atoms with Crippen LogP contribution in [0, 0.1) is 0 Å². The minimum absolute atomic E-state index is 0.113. The van der Waals surface area contributed by atoms with Crippen molar-refractivity contribution in [2.24, 2.45) is 0 Å². The molecule has 0 saturated heterocycles. The Hall–Kier alpha value is -2.84. The van der Waals surface area contributed by atoms with E-state index in [1.54, 1.807) is 0 Å². The van der Waals surface area contributed by atoms with E-state index in [1.807, 2.05) is 6.92 Å². The summed E-state index contributed by atoms with van der Waals surface area (Å²) in [6.07, 6.45) is -2.50. The third kappa shape index (κ3) is 4.41. The number of carbonyl (C=O) groups is 2. The zero-order valence-corrected chi connectivity index (χ0v) is 14.4. The van der Waals surface area contributed by atoms with Gasteiger partial charge in [0.2, 0.25) is 0 Å². The summed E-state index contributed by atoms with van der Waals surface area (Å²) in [5.41, 5.74) is 0.606. The molecule has 2 N–H and O–H groups in total. The van der Waals surface area contributed by atoms with Gasteiger partial charge in [-0.3, -0.25) is 10.1 Å². The van der Waals surface area contributed by atoms with E-state index < -0.39 is 17.8 Å². The van der Waals surface area contributed by atoms with Gasteiger partial charge in [-0.05, 0) is 24.1 Å². The molecule has 6 nitrogen and oxygen atoms in total. The second-order valence-corrected chi connectivity index (χ2v) is 5.63. The van der Waals surface area contributed by atoms with Crippen LogP contribution in [0.1, 0.15) is 40.5 Å². The smallest absolute Gasteiger partial charge is 0.341 e. The molecule has 26 heavy (non-hydrogen) atoms. The van der Waals surface area contributed by atoms with Crippen molar-refractivity contribution >= 4 is 18.1 Å². The molecule has 140 valence electrons. The molecule has 0 bridgehead atoms. The monoisotopic (exact) mass is 368 g/mol. The van der Waals surface area contributed by atoms with Gasteiger partial charge < -0.3 is 5.32 Å². The Kier molecular flexibility index (Phi) is 6.01. The molecule has 1 aromatic heterocycles. The summed E-state index contributed by atoms with van der Waals surface area (Å²) in [5, 5.41) is 9.29. The van der Waals surface area contributed by atoms with E-state index in [1.165, 1.54) is 23.9 Å². The van der Waals surface area contributed by atoms with Crippen molar-refractivity contribution in [2.75, 3.05) is 12.4 Å². The summed E-state index contributed by atoms with van der Waals surface area (Å²) in [4.78, 5) is 23.1. The van der Waals surface area contributed by atoms with Crippen LogP contribution in [-0.4, -0.2) is 29.1 Å². The number of aldehydes is 1. The highest BCUT2D eigenvalue weighted by Crippen LogP contribution is 2.29. The molecule has 9 heteroatoms. The number of nitrogens with zero attached hydrogens (tertiary/aromatic N) is 2. The summed E-state index contributed by atoms with van der Waals surface area (Å²) >= 11 is 0. The maximum atomic E-state index is 12.7. The second kappa shape index (κ2) is 8.03.